The van der Waals surface area contributed by atoms with Gasteiger partial charge in [-0.15, -0.1) is 0 Å². The van der Waals surface area contributed by atoms with Crippen LogP contribution in [-0.2, 0) is 11.0 Å². The largest absolute Gasteiger partial charge is 0.321 e. The summed E-state index contributed by atoms with van der Waals surface area (Å²) in [5.41, 5.74) is 1.83. The number of aromatic nitrogens is 2. The van der Waals surface area contributed by atoms with Crippen LogP contribution in [0.2, 0.25) is 0 Å². The molecule has 124 valence electrons. The number of hydrogen-bond acceptors (Lipinski definition) is 5. The van der Waals surface area contributed by atoms with Crippen molar-refractivity contribution >= 4 is 40.0 Å². The maximum absolute atomic E-state index is 12.5. The van der Waals surface area contributed by atoms with Gasteiger partial charge in [-0.2, -0.15) is 0 Å². The van der Waals surface area contributed by atoms with Gasteiger partial charge in [0.25, 0.3) is 5.91 Å². The van der Waals surface area contributed by atoms with E-state index < -0.39 is 11.0 Å². The zero-order valence-corrected chi connectivity index (χ0v) is 14.4. The highest BCUT2D eigenvalue weighted by atomic mass is 32.2. The number of anilines is 2. The van der Waals surface area contributed by atoms with Gasteiger partial charge in [0.2, 0.25) is 0 Å². The first-order valence-corrected chi connectivity index (χ1v) is 9.33. The van der Waals surface area contributed by atoms with Crippen LogP contribution >= 0.6 is 11.8 Å². The zero-order valence-electron chi connectivity index (χ0n) is 12.8. The van der Waals surface area contributed by atoms with Crippen molar-refractivity contribution in [3.05, 3.63) is 66.7 Å². The van der Waals surface area contributed by atoms with Crippen molar-refractivity contribution < 1.29 is 9.00 Å². The van der Waals surface area contributed by atoms with E-state index in [4.69, 9.17) is 0 Å². The Bertz CT molecular complexity index is 979. The Morgan fingerprint density at radius 1 is 1.04 bits per heavy atom. The van der Waals surface area contributed by atoms with E-state index in [1.807, 2.05) is 24.3 Å². The Morgan fingerprint density at radius 2 is 1.84 bits per heavy atom. The van der Waals surface area contributed by atoms with Gasteiger partial charge in [-0.3, -0.25) is 9.52 Å². The fraction of sp³-hybridized carbons (Fsp3) is 0. The van der Waals surface area contributed by atoms with Gasteiger partial charge < -0.3 is 5.32 Å². The Hall–Kier alpha value is -2.71. The van der Waals surface area contributed by atoms with E-state index in [0.717, 1.165) is 9.79 Å². The van der Waals surface area contributed by atoms with Crippen molar-refractivity contribution in [3.8, 4) is 0 Å². The first kappa shape index (κ1) is 15.8. The quantitative estimate of drug-likeness (QED) is 0.741. The maximum atomic E-state index is 12.5. The summed E-state index contributed by atoms with van der Waals surface area (Å²) < 4.78 is 15.3. The average molecular weight is 368 g/mol. The molecule has 1 amide bonds. The van der Waals surface area contributed by atoms with Gasteiger partial charge in [0.05, 0.1) is 34.2 Å². The molecule has 25 heavy (non-hydrogen) atoms. The maximum Gasteiger partial charge on any atom is 0.256 e. The molecule has 0 aliphatic carbocycles. The molecule has 1 aromatic heterocycles. The van der Waals surface area contributed by atoms with Gasteiger partial charge in [0.1, 0.15) is 17.3 Å². The molecule has 8 heteroatoms. The molecule has 1 aliphatic rings. The van der Waals surface area contributed by atoms with E-state index in [1.165, 1.54) is 18.1 Å². The van der Waals surface area contributed by atoms with Gasteiger partial charge in [-0.1, -0.05) is 23.9 Å². The smallest absolute Gasteiger partial charge is 0.256 e. The summed E-state index contributed by atoms with van der Waals surface area (Å²) >= 11 is 1.51. The summed E-state index contributed by atoms with van der Waals surface area (Å²) in [6.07, 6.45) is 4.49. The first-order valence-electron chi connectivity index (χ1n) is 7.36. The average Bonchev–Trinajstić information content (AvgIpc) is 2.78. The SMILES string of the molecule is O=C1Nc2cc(S(=O)Nc3cncnc3)ccc2Sc2ccccc21. The Kier molecular flexibility index (Phi) is 4.21. The highest BCUT2D eigenvalue weighted by molar-refractivity contribution is 7.99. The number of benzene rings is 2. The van der Waals surface area contributed by atoms with E-state index in [2.05, 4.69) is 20.0 Å². The predicted octanol–water partition coefficient (Wildman–Crippen LogP) is 3.33. The van der Waals surface area contributed by atoms with E-state index >= 15 is 0 Å². The summed E-state index contributed by atoms with van der Waals surface area (Å²) in [7, 11) is -1.49. The standard InChI is InChI=1S/C17H12N4O2S2/c22-17-13-3-1-2-4-15(13)24-16-6-5-12(7-14(16)20-17)25(23)21-11-8-18-10-19-9-11/h1-10,21H,(H,20,22). The van der Waals surface area contributed by atoms with Crippen molar-refractivity contribution in [1.82, 2.24) is 9.97 Å². The summed E-state index contributed by atoms with van der Waals surface area (Å²) in [5, 5.41) is 2.89. The summed E-state index contributed by atoms with van der Waals surface area (Å²) in [4.78, 5) is 22.5. The third-order valence-corrected chi connectivity index (χ3v) is 5.79. The lowest BCUT2D eigenvalue weighted by Gasteiger charge is -2.10. The van der Waals surface area contributed by atoms with Crippen LogP contribution in [0.4, 0.5) is 11.4 Å². The predicted molar refractivity (Wildman–Crippen MR) is 97.0 cm³/mol. The van der Waals surface area contributed by atoms with Crippen LogP contribution in [-0.4, -0.2) is 20.1 Å². The topological polar surface area (TPSA) is 84.0 Å². The van der Waals surface area contributed by atoms with E-state index in [1.54, 1.807) is 30.6 Å². The van der Waals surface area contributed by atoms with Gasteiger partial charge in [0, 0.05) is 9.79 Å². The van der Waals surface area contributed by atoms with Crippen LogP contribution in [0.25, 0.3) is 0 Å². The molecule has 1 aliphatic heterocycles. The molecule has 2 heterocycles. The highest BCUT2D eigenvalue weighted by Gasteiger charge is 2.20. The first-order chi connectivity index (χ1) is 12.2. The van der Waals surface area contributed by atoms with Crippen LogP contribution < -0.4 is 10.0 Å². The molecular weight excluding hydrogens is 356 g/mol. The molecule has 2 aromatic carbocycles. The molecule has 0 bridgehead atoms. The third-order valence-electron chi connectivity index (χ3n) is 3.54. The minimum atomic E-state index is -1.49. The molecule has 1 unspecified atom stereocenters. The lowest BCUT2D eigenvalue weighted by atomic mass is 10.2. The van der Waals surface area contributed by atoms with Crippen molar-refractivity contribution in [3.63, 3.8) is 0 Å². The Morgan fingerprint density at radius 3 is 2.68 bits per heavy atom. The number of carbonyl (C=O) groups excluding carboxylic acids is 1. The second-order valence-corrected chi connectivity index (χ2v) is 7.51. The van der Waals surface area contributed by atoms with E-state index in [9.17, 15) is 9.00 Å². The summed E-state index contributed by atoms with van der Waals surface area (Å²) in [6, 6.07) is 12.8. The fourth-order valence-electron chi connectivity index (χ4n) is 2.38. The number of nitrogens with zero attached hydrogens (tertiary/aromatic N) is 2. The van der Waals surface area contributed by atoms with Crippen LogP contribution in [0.1, 0.15) is 10.4 Å². The zero-order chi connectivity index (χ0) is 17.2. The van der Waals surface area contributed by atoms with Gasteiger partial charge in [-0.05, 0) is 30.3 Å². The van der Waals surface area contributed by atoms with Crippen LogP contribution in [0.3, 0.4) is 0 Å². The number of fused-ring (bicyclic) bond motifs is 2. The van der Waals surface area contributed by atoms with Gasteiger partial charge in [0.15, 0.2) is 0 Å². The van der Waals surface area contributed by atoms with E-state index in [-0.39, 0.29) is 5.91 Å². The molecule has 0 saturated heterocycles. The lowest BCUT2D eigenvalue weighted by molar-refractivity contribution is 0.102. The molecule has 0 saturated carbocycles. The minimum Gasteiger partial charge on any atom is -0.321 e. The van der Waals surface area contributed by atoms with Gasteiger partial charge >= 0.3 is 0 Å². The van der Waals surface area contributed by atoms with Crippen LogP contribution in [0.5, 0.6) is 0 Å². The molecular formula is C17H12N4O2S2. The number of nitrogens with one attached hydrogen (secondary N) is 2. The van der Waals surface area contributed by atoms with Crippen molar-refractivity contribution in [2.75, 3.05) is 10.0 Å². The lowest BCUT2D eigenvalue weighted by Crippen LogP contribution is -2.12. The molecule has 2 N–H and O–H groups in total. The second-order valence-electron chi connectivity index (χ2n) is 5.21. The van der Waals surface area contributed by atoms with Crippen LogP contribution in [0, 0.1) is 0 Å². The highest BCUT2D eigenvalue weighted by Crippen LogP contribution is 2.39. The summed E-state index contributed by atoms with van der Waals surface area (Å²) in [6.45, 7) is 0. The number of amides is 1. The molecule has 0 fully saturated rings. The fourth-order valence-corrected chi connectivity index (χ4v) is 4.24. The molecule has 1 atom stereocenters. The second kappa shape index (κ2) is 6.66. The monoisotopic (exact) mass is 368 g/mol. The molecule has 0 radical (unpaired) electrons. The van der Waals surface area contributed by atoms with Crippen molar-refractivity contribution in [2.24, 2.45) is 0 Å². The van der Waals surface area contributed by atoms with E-state index in [0.29, 0.717) is 21.8 Å². The molecule has 3 aromatic rings. The minimum absolute atomic E-state index is 0.172. The normalized spacial score (nSPS) is 13.8. The number of carbonyl (C=O) groups is 1. The van der Waals surface area contributed by atoms with Crippen molar-refractivity contribution in [2.45, 2.75) is 14.7 Å². The van der Waals surface area contributed by atoms with Gasteiger partial charge in [-0.25, -0.2) is 14.2 Å². The number of hydrogen-bond donors (Lipinski definition) is 2. The molecule has 6 nitrogen and oxygen atoms in total. The Balaban J connectivity index is 1.64. The molecule has 4 rings (SSSR count). The number of rotatable bonds is 3. The third kappa shape index (κ3) is 3.26. The summed E-state index contributed by atoms with van der Waals surface area (Å²) in [5.74, 6) is -0.172. The Labute approximate surface area is 150 Å². The molecule has 0 spiro atoms. The van der Waals surface area contributed by atoms with Crippen LogP contribution in [0.15, 0.2) is 75.9 Å². The van der Waals surface area contributed by atoms with Crippen molar-refractivity contribution in [1.29, 1.82) is 0 Å².